The third-order valence-corrected chi connectivity index (χ3v) is 4.76. The van der Waals surface area contributed by atoms with Gasteiger partial charge in [0.05, 0.1) is 19.0 Å². The number of alkyl halides is 2. The van der Waals surface area contributed by atoms with E-state index in [1.807, 2.05) is 6.07 Å². The standard InChI is InChI=1S/C22H19F2N5O6/c1-32-16-10-12(6-7-15(16)34-22(23)24)20-26-17(35-29-20)11-33-18(30)8-9-25-21(31)19-13-4-2-3-5-14(13)27-28-19/h2-7,10,22H,8-9,11H2,1H3,(H,25,31)(H,27,28). The van der Waals surface area contributed by atoms with Crippen LogP contribution in [-0.4, -0.2) is 52.5 Å². The van der Waals surface area contributed by atoms with E-state index in [1.54, 1.807) is 18.2 Å². The third-order valence-electron chi connectivity index (χ3n) is 4.76. The van der Waals surface area contributed by atoms with Crippen LogP contribution in [0, 0.1) is 0 Å². The lowest BCUT2D eigenvalue weighted by atomic mass is 10.2. The maximum atomic E-state index is 12.5. The second kappa shape index (κ2) is 10.6. The summed E-state index contributed by atoms with van der Waals surface area (Å²) in [6, 6.07) is 11.3. The Bertz CT molecular complexity index is 1340. The number of H-pyrrole nitrogens is 1. The summed E-state index contributed by atoms with van der Waals surface area (Å²) in [5.74, 6) is -0.935. The van der Waals surface area contributed by atoms with E-state index in [0.29, 0.717) is 10.9 Å². The van der Waals surface area contributed by atoms with Crippen molar-refractivity contribution in [3.05, 3.63) is 54.0 Å². The van der Waals surface area contributed by atoms with E-state index in [-0.39, 0.29) is 48.5 Å². The van der Waals surface area contributed by atoms with E-state index >= 15 is 0 Å². The van der Waals surface area contributed by atoms with E-state index in [9.17, 15) is 18.4 Å². The quantitative estimate of drug-likeness (QED) is 0.323. The second-order valence-electron chi connectivity index (χ2n) is 7.04. The summed E-state index contributed by atoms with van der Waals surface area (Å²) in [6.07, 6.45) is -0.0854. The molecule has 0 saturated carbocycles. The number of aromatic nitrogens is 4. The number of benzene rings is 2. The minimum absolute atomic E-state index is 0.0206. The number of nitrogens with one attached hydrogen (secondary N) is 2. The predicted octanol–water partition coefficient (Wildman–Crippen LogP) is 3.09. The van der Waals surface area contributed by atoms with E-state index in [2.05, 4.69) is 30.4 Å². The first-order chi connectivity index (χ1) is 16.9. The normalized spacial score (nSPS) is 11.0. The molecule has 182 valence electrons. The van der Waals surface area contributed by atoms with Gasteiger partial charge in [-0.25, -0.2) is 0 Å². The van der Waals surface area contributed by atoms with Crippen molar-refractivity contribution in [2.24, 2.45) is 0 Å². The Morgan fingerprint density at radius 2 is 2.00 bits per heavy atom. The van der Waals surface area contributed by atoms with Crippen molar-refractivity contribution >= 4 is 22.8 Å². The lowest BCUT2D eigenvalue weighted by Crippen LogP contribution is -2.27. The number of hydrogen-bond donors (Lipinski definition) is 2. The number of carbonyl (C=O) groups excluding carboxylic acids is 2. The van der Waals surface area contributed by atoms with Gasteiger partial charge in [0, 0.05) is 17.5 Å². The Kier molecular flexibility index (Phi) is 7.14. The largest absolute Gasteiger partial charge is 0.493 e. The van der Waals surface area contributed by atoms with Gasteiger partial charge in [0.15, 0.2) is 23.8 Å². The zero-order chi connectivity index (χ0) is 24.8. The van der Waals surface area contributed by atoms with Crippen LogP contribution in [0.2, 0.25) is 0 Å². The molecule has 13 heteroatoms. The van der Waals surface area contributed by atoms with Crippen molar-refractivity contribution in [1.29, 1.82) is 0 Å². The van der Waals surface area contributed by atoms with Gasteiger partial charge in [-0.1, -0.05) is 23.4 Å². The number of methoxy groups -OCH3 is 1. The van der Waals surface area contributed by atoms with Crippen LogP contribution >= 0.6 is 0 Å². The summed E-state index contributed by atoms with van der Waals surface area (Å²) in [4.78, 5) is 28.4. The summed E-state index contributed by atoms with van der Waals surface area (Å²) in [7, 11) is 1.30. The molecule has 0 aliphatic heterocycles. The Hall–Kier alpha value is -4.55. The molecule has 11 nitrogen and oxygen atoms in total. The highest BCUT2D eigenvalue weighted by molar-refractivity contribution is 6.04. The fraction of sp³-hybridized carbons (Fsp3) is 0.227. The molecule has 0 saturated heterocycles. The SMILES string of the molecule is COc1cc(-c2noc(COC(=O)CCNC(=O)c3n[nH]c4ccccc34)n2)ccc1OC(F)F. The molecule has 0 aliphatic carbocycles. The van der Waals surface area contributed by atoms with Crippen molar-refractivity contribution in [2.45, 2.75) is 19.6 Å². The van der Waals surface area contributed by atoms with E-state index in [1.165, 1.54) is 25.3 Å². The fourth-order valence-electron chi connectivity index (χ4n) is 3.14. The van der Waals surface area contributed by atoms with Gasteiger partial charge in [-0.15, -0.1) is 0 Å². The van der Waals surface area contributed by atoms with Gasteiger partial charge in [-0.3, -0.25) is 14.7 Å². The number of esters is 1. The zero-order valence-electron chi connectivity index (χ0n) is 18.3. The van der Waals surface area contributed by atoms with E-state index in [4.69, 9.17) is 14.0 Å². The first-order valence-electron chi connectivity index (χ1n) is 10.3. The van der Waals surface area contributed by atoms with Crippen LogP contribution in [0.5, 0.6) is 11.5 Å². The number of rotatable bonds is 10. The Morgan fingerprint density at radius 1 is 1.17 bits per heavy atom. The van der Waals surface area contributed by atoms with E-state index in [0.717, 1.165) is 5.52 Å². The van der Waals surface area contributed by atoms with Crippen LogP contribution in [0.25, 0.3) is 22.3 Å². The van der Waals surface area contributed by atoms with Crippen molar-refractivity contribution in [3.63, 3.8) is 0 Å². The second-order valence-corrected chi connectivity index (χ2v) is 7.04. The number of hydrogen-bond acceptors (Lipinski definition) is 9. The molecule has 4 rings (SSSR count). The van der Waals surface area contributed by atoms with Crippen molar-refractivity contribution < 1.29 is 37.1 Å². The number of para-hydroxylation sites is 1. The first-order valence-corrected chi connectivity index (χ1v) is 10.3. The summed E-state index contributed by atoms with van der Waals surface area (Å²) < 4.78 is 44.5. The Morgan fingerprint density at radius 3 is 2.80 bits per heavy atom. The molecule has 1 amide bonds. The molecule has 4 aromatic rings. The summed E-state index contributed by atoms with van der Waals surface area (Å²) in [5, 5.41) is 13.8. The molecule has 0 atom stereocenters. The molecule has 0 unspecified atom stereocenters. The Labute approximate surface area is 196 Å². The van der Waals surface area contributed by atoms with Crippen LogP contribution in [-0.2, 0) is 16.1 Å². The highest BCUT2D eigenvalue weighted by Gasteiger charge is 2.17. The van der Waals surface area contributed by atoms with Gasteiger partial charge in [-0.05, 0) is 24.3 Å². The zero-order valence-corrected chi connectivity index (χ0v) is 18.3. The maximum absolute atomic E-state index is 12.5. The molecule has 2 aromatic carbocycles. The lowest BCUT2D eigenvalue weighted by molar-refractivity contribution is -0.145. The molecule has 0 spiro atoms. The van der Waals surface area contributed by atoms with Crippen LogP contribution in [0.1, 0.15) is 22.8 Å². The highest BCUT2D eigenvalue weighted by atomic mass is 19.3. The average molecular weight is 487 g/mol. The fourth-order valence-corrected chi connectivity index (χ4v) is 3.14. The lowest BCUT2D eigenvalue weighted by Gasteiger charge is -2.10. The van der Waals surface area contributed by atoms with Gasteiger partial charge in [0.25, 0.3) is 11.8 Å². The van der Waals surface area contributed by atoms with Crippen molar-refractivity contribution in [2.75, 3.05) is 13.7 Å². The highest BCUT2D eigenvalue weighted by Crippen LogP contribution is 2.32. The maximum Gasteiger partial charge on any atom is 0.387 e. The van der Waals surface area contributed by atoms with Gasteiger partial charge in [0.2, 0.25) is 5.82 Å². The molecule has 0 aliphatic rings. The molecule has 2 aromatic heterocycles. The molecular weight excluding hydrogens is 468 g/mol. The van der Waals surface area contributed by atoms with Crippen LogP contribution in [0.15, 0.2) is 47.0 Å². The number of carbonyl (C=O) groups is 2. The van der Waals surface area contributed by atoms with Gasteiger partial charge in [0.1, 0.15) is 0 Å². The minimum atomic E-state index is -3.00. The first kappa shape index (κ1) is 23.6. The molecule has 0 fully saturated rings. The molecule has 0 radical (unpaired) electrons. The molecular formula is C22H19F2N5O6. The van der Waals surface area contributed by atoms with Gasteiger partial charge in [-0.2, -0.15) is 18.9 Å². The van der Waals surface area contributed by atoms with Crippen molar-refractivity contribution in [1.82, 2.24) is 25.7 Å². The van der Waals surface area contributed by atoms with Crippen molar-refractivity contribution in [3.8, 4) is 22.9 Å². The topological polar surface area (TPSA) is 141 Å². The molecule has 2 heterocycles. The van der Waals surface area contributed by atoms with E-state index < -0.39 is 18.5 Å². The molecule has 35 heavy (non-hydrogen) atoms. The summed E-state index contributed by atoms with van der Waals surface area (Å²) in [5.41, 5.74) is 1.38. The third kappa shape index (κ3) is 5.69. The number of halogens is 2. The monoisotopic (exact) mass is 487 g/mol. The van der Waals surface area contributed by atoms with Gasteiger partial charge >= 0.3 is 12.6 Å². The number of nitrogens with zero attached hydrogens (tertiary/aromatic N) is 3. The smallest absolute Gasteiger partial charge is 0.387 e. The number of fused-ring (bicyclic) bond motifs is 1. The summed E-state index contributed by atoms with van der Waals surface area (Å²) in [6.45, 7) is -3.24. The van der Waals surface area contributed by atoms with Crippen LogP contribution in [0.4, 0.5) is 8.78 Å². The number of aromatic amines is 1. The molecule has 0 bridgehead atoms. The molecule has 2 N–H and O–H groups in total. The minimum Gasteiger partial charge on any atom is -0.493 e. The summed E-state index contributed by atoms with van der Waals surface area (Å²) >= 11 is 0. The number of ether oxygens (including phenoxy) is 3. The van der Waals surface area contributed by atoms with Crippen LogP contribution in [0.3, 0.4) is 0 Å². The van der Waals surface area contributed by atoms with Crippen LogP contribution < -0.4 is 14.8 Å². The van der Waals surface area contributed by atoms with Gasteiger partial charge < -0.3 is 24.1 Å². The Balaban J connectivity index is 1.26. The predicted molar refractivity (Wildman–Crippen MR) is 116 cm³/mol. The number of amides is 1. The average Bonchev–Trinajstić information content (AvgIpc) is 3.50.